The van der Waals surface area contributed by atoms with Crippen LogP contribution < -0.4 is 0 Å². The Morgan fingerprint density at radius 3 is 2.21 bits per heavy atom. The third-order valence-corrected chi connectivity index (χ3v) is 7.62. The summed E-state index contributed by atoms with van der Waals surface area (Å²) in [4.78, 5) is 2.82. The van der Waals surface area contributed by atoms with Gasteiger partial charge < -0.3 is 4.74 Å². The summed E-state index contributed by atoms with van der Waals surface area (Å²) < 4.78 is 5.97. The van der Waals surface area contributed by atoms with Gasteiger partial charge in [-0.2, -0.15) is 0 Å². The van der Waals surface area contributed by atoms with E-state index in [2.05, 4.69) is 68.4 Å². The number of hydrogen-bond acceptors (Lipinski definition) is 3. The fraction of sp³-hybridized carbons (Fsp3) is 0.440. The molecule has 28 heavy (non-hydrogen) atoms. The predicted octanol–water partition coefficient (Wildman–Crippen LogP) is 8.07. The standard InChI is InChI=1S/C25H32OS2/c1-3-4-5-7-10-20(2)17-26-18-21-13-15-23(16-14-21)25-24(27-19-28-25)22-11-8-6-9-12-22/h6,8-9,11-16,20H,3-5,7,10,17-19H2,1-2H3. The van der Waals surface area contributed by atoms with Gasteiger partial charge in [0.25, 0.3) is 0 Å². The fourth-order valence-electron chi connectivity index (χ4n) is 3.43. The average molecular weight is 413 g/mol. The Balaban J connectivity index is 1.51. The van der Waals surface area contributed by atoms with Crippen LogP contribution >= 0.6 is 23.5 Å². The monoisotopic (exact) mass is 412 g/mol. The lowest BCUT2D eigenvalue weighted by Gasteiger charge is -2.12. The number of benzene rings is 2. The molecule has 0 bridgehead atoms. The summed E-state index contributed by atoms with van der Waals surface area (Å²) in [5, 5.41) is 1.10. The molecule has 0 spiro atoms. The van der Waals surface area contributed by atoms with E-state index < -0.39 is 0 Å². The van der Waals surface area contributed by atoms with Gasteiger partial charge >= 0.3 is 0 Å². The summed E-state index contributed by atoms with van der Waals surface area (Å²) in [5.74, 6) is 0.654. The maximum absolute atomic E-state index is 5.97. The SMILES string of the molecule is CCCCCCC(C)COCc1ccc(C2=C(c3ccccc3)SCS2)cc1. The molecule has 1 atom stereocenters. The summed E-state index contributed by atoms with van der Waals surface area (Å²) in [6.07, 6.45) is 6.65. The minimum atomic E-state index is 0.654. The van der Waals surface area contributed by atoms with E-state index in [9.17, 15) is 0 Å². The second-order valence-corrected chi connectivity index (χ2v) is 9.93. The maximum atomic E-state index is 5.97. The molecule has 1 unspecified atom stereocenters. The van der Waals surface area contributed by atoms with Crippen molar-refractivity contribution in [3.05, 3.63) is 71.3 Å². The molecule has 0 fully saturated rings. The van der Waals surface area contributed by atoms with Gasteiger partial charge in [0.1, 0.15) is 0 Å². The average Bonchev–Trinajstić information content (AvgIpc) is 3.22. The van der Waals surface area contributed by atoms with E-state index in [4.69, 9.17) is 4.74 Å². The Labute approximate surface area is 179 Å². The van der Waals surface area contributed by atoms with Crippen LogP contribution in [0.1, 0.15) is 62.6 Å². The molecule has 1 aliphatic heterocycles. The molecule has 0 aliphatic carbocycles. The highest BCUT2D eigenvalue weighted by Gasteiger charge is 2.19. The van der Waals surface area contributed by atoms with Crippen molar-refractivity contribution in [2.45, 2.75) is 52.6 Å². The lowest BCUT2D eigenvalue weighted by molar-refractivity contribution is 0.0887. The number of hydrogen-bond donors (Lipinski definition) is 0. The first kappa shape index (κ1) is 21.5. The second kappa shape index (κ2) is 11.7. The minimum absolute atomic E-state index is 0.654. The summed E-state index contributed by atoms with van der Waals surface area (Å²) >= 11 is 3.90. The topological polar surface area (TPSA) is 9.23 Å². The second-order valence-electron chi connectivity index (χ2n) is 7.60. The molecular weight excluding hydrogens is 380 g/mol. The van der Waals surface area contributed by atoms with Crippen LogP contribution in [0.25, 0.3) is 9.81 Å². The third-order valence-electron chi connectivity index (χ3n) is 5.09. The first-order valence-electron chi connectivity index (χ1n) is 10.5. The smallest absolute Gasteiger partial charge is 0.0717 e. The Morgan fingerprint density at radius 1 is 0.857 bits per heavy atom. The lowest BCUT2D eigenvalue weighted by atomic mass is 10.0. The number of unbranched alkanes of at least 4 members (excludes halogenated alkanes) is 3. The molecule has 3 heteroatoms. The van der Waals surface area contributed by atoms with Crippen molar-refractivity contribution in [2.24, 2.45) is 5.92 Å². The van der Waals surface area contributed by atoms with E-state index in [1.54, 1.807) is 0 Å². The van der Waals surface area contributed by atoms with Crippen molar-refractivity contribution in [2.75, 3.05) is 11.7 Å². The molecule has 1 aliphatic rings. The van der Waals surface area contributed by atoms with Crippen molar-refractivity contribution in [1.82, 2.24) is 0 Å². The van der Waals surface area contributed by atoms with Gasteiger partial charge in [0, 0.05) is 21.5 Å². The van der Waals surface area contributed by atoms with E-state index in [0.29, 0.717) is 12.5 Å². The molecule has 0 saturated heterocycles. The molecule has 0 N–H and O–H groups in total. The van der Waals surface area contributed by atoms with E-state index in [0.717, 1.165) is 11.7 Å². The molecule has 0 aromatic heterocycles. The van der Waals surface area contributed by atoms with Gasteiger partial charge in [-0.1, -0.05) is 94.1 Å². The van der Waals surface area contributed by atoms with E-state index >= 15 is 0 Å². The zero-order valence-corrected chi connectivity index (χ0v) is 18.8. The fourth-order valence-corrected chi connectivity index (χ4v) is 6.07. The number of ether oxygens (including phenoxy) is 1. The van der Waals surface area contributed by atoms with Crippen LogP contribution in [0.3, 0.4) is 0 Å². The van der Waals surface area contributed by atoms with Gasteiger partial charge in [0.05, 0.1) is 6.61 Å². The van der Waals surface area contributed by atoms with Gasteiger partial charge in [-0.15, -0.1) is 23.5 Å². The molecule has 0 radical (unpaired) electrons. The Kier molecular flexibility index (Phi) is 9.04. The van der Waals surface area contributed by atoms with Crippen LogP contribution in [0.15, 0.2) is 54.6 Å². The highest BCUT2D eigenvalue weighted by Crippen LogP contribution is 2.49. The van der Waals surface area contributed by atoms with Gasteiger partial charge in [0.15, 0.2) is 0 Å². The maximum Gasteiger partial charge on any atom is 0.0717 e. The minimum Gasteiger partial charge on any atom is -0.376 e. The zero-order valence-electron chi connectivity index (χ0n) is 17.2. The molecule has 1 nitrogen and oxygen atoms in total. The predicted molar refractivity (Wildman–Crippen MR) is 127 cm³/mol. The summed E-state index contributed by atoms with van der Waals surface area (Å²) in [5.41, 5.74) is 3.91. The van der Waals surface area contributed by atoms with E-state index in [1.807, 2.05) is 23.5 Å². The van der Waals surface area contributed by atoms with Crippen LogP contribution in [0.2, 0.25) is 0 Å². The van der Waals surface area contributed by atoms with Crippen LogP contribution in [0.5, 0.6) is 0 Å². The molecule has 2 aromatic rings. The molecule has 0 amide bonds. The molecule has 3 rings (SSSR count). The highest BCUT2D eigenvalue weighted by molar-refractivity contribution is 8.28. The van der Waals surface area contributed by atoms with Crippen molar-refractivity contribution >= 4 is 33.3 Å². The summed E-state index contributed by atoms with van der Waals surface area (Å²) in [7, 11) is 0. The van der Waals surface area contributed by atoms with Crippen molar-refractivity contribution in [3.63, 3.8) is 0 Å². The first-order chi connectivity index (χ1) is 13.8. The molecule has 1 heterocycles. The van der Waals surface area contributed by atoms with Crippen LogP contribution in [-0.2, 0) is 11.3 Å². The van der Waals surface area contributed by atoms with Crippen LogP contribution in [0.4, 0.5) is 0 Å². The van der Waals surface area contributed by atoms with Crippen molar-refractivity contribution < 1.29 is 4.74 Å². The molecule has 150 valence electrons. The number of thioether (sulfide) groups is 2. The highest BCUT2D eigenvalue weighted by atomic mass is 32.2. The molecule has 2 aromatic carbocycles. The molecule has 0 saturated carbocycles. The lowest BCUT2D eigenvalue weighted by Crippen LogP contribution is -2.06. The van der Waals surface area contributed by atoms with Gasteiger partial charge in [-0.3, -0.25) is 0 Å². The Hall–Kier alpha value is -1.16. The third kappa shape index (κ3) is 6.43. The van der Waals surface area contributed by atoms with E-state index in [1.165, 1.54) is 58.6 Å². The number of rotatable bonds is 11. The van der Waals surface area contributed by atoms with Crippen molar-refractivity contribution in [3.8, 4) is 0 Å². The molecular formula is C25H32OS2. The van der Waals surface area contributed by atoms with E-state index in [-0.39, 0.29) is 0 Å². The van der Waals surface area contributed by atoms with Gasteiger partial charge in [-0.25, -0.2) is 0 Å². The summed E-state index contributed by atoms with van der Waals surface area (Å²) in [6.45, 7) is 6.15. The van der Waals surface area contributed by atoms with Crippen LogP contribution in [0, 0.1) is 5.92 Å². The van der Waals surface area contributed by atoms with Crippen molar-refractivity contribution in [1.29, 1.82) is 0 Å². The van der Waals surface area contributed by atoms with Crippen LogP contribution in [-0.4, -0.2) is 11.7 Å². The van der Waals surface area contributed by atoms with Gasteiger partial charge in [0.2, 0.25) is 0 Å². The van der Waals surface area contributed by atoms with Gasteiger partial charge in [-0.05, 0) is 29.0 Å². The first-order valence-corrected chi connectivity index (χ1v) is 12.5. The summed E-state index contributed by atoms with van der Waals surface area (Å²) in [6, 6.07) is 19.7. The Morgan fingerprint density at radius 2 is 1.54 bits per heavy atom. The normalized spacial score (nSPS) is 15.2. The largest absolute Gasteiger partial charge is 0.376 e. The zero-order chi connectivity index (χ0) is 19.6. The Bertz CT molecular complexity index is 737. The quantitative estimate of drug-likeness (QED) is 0.345.